The summed E-state index contributed by atoms with van der Waals surface area (Å²) in [7, 11) is 0. The summed E-state index contributed by atoms with van der Waals surface area (Å²) in [4.78, 5) is 11.6. The maximum Gasteiger partial charge on any atom is 0.246 e. The molecule has 1 aliphatic carbocycles. The second-order valence-corrected chi connectivity index (χ2v) is 5.42. The van der Waals surface area contributed by atoms with Crippen LogP contribution in [0.25, 0.3) is 0 Å². The van der Waals surface area contributed by atoms with Gasteiger partial charge in [0.1, 0.15) is 23.7 Å². The van der Waals surface area contributed by atoms with Crippen LogP contribution < -0.4 is 5.32 Å². The summed E-state index contributed by atoms with van der Waals surface area (Å²) in [5.74, 6) is 1.60. The summed E-state index contributed by atoms with van der Waals surface area (Å²) in [6.07, 6.45) is 2.41. The second kappa shape index (κ2) is 5.75. The summed E-state index contributed by atoms with van der Waals surface area (Å²) >= 11 is 0. The van der Waals surface area contributed by atoms with Crippen LogP contribution in [0, 0.1) is 12.8 Å². The van der Waals surface area contributed by atoms with E-state index in [1.165, 1.54) is 12.8 Å². The SMILES string of the molecule is Cc1ccc(C(C)(O)CNC(=O)COCC2CC2)o1. The lowest BCUT2D eigenvalue weighted by Gasteiger charge is -2.21. The lowest BCUT2D eigenvalue weighted by atomic mass is 10.0. The maximum atomic E-state index is 11.6. The van der Waals surface area contributed by atoms with Crippen molar-refractivity contribution in [3.05, 3.63) is 23.7 Å². The van der Waals surface area contributed by atoms with Gasteiger partial charge in [0.05, 0.1) is 13.2 Å². The molecule has 1 fully saturated rings. The molecule has 0 aliphatic heterocycles. The highest BCUT2D eigenvalue weighted by atomic mass is 16.5. The molecular formula is C14H21NO4. The van der Waals surface area contributed by atoms with E-state index in [9.17, 15) is 9.90 Å². The summed E-state index contributed by atoms with van der Waals surface area (Å²) < 4.78 is 10.6. The van der Waals surface area contributed by atoms with Gasteiger partial charge in [-0.05, 0) is 44.7 Å². The van der Waals surface area contributed by atoms with Crippen LogP contribution in [0.3, 0.4) is 0 Å². The first-order valence-corrected chi connectivity index (χ1v) is 6.61. The van der Waals surface area contributed by atoms with Crippen molar-refractivity contribution < 1.29 is 19.1 Å². The number of carbonyl (C=O) groups is 1. The number of aryl methyl sites for hydroxylation is 1. The van der Waals surface area contributed by atoms with E-state index >= 15 is 0 Å². The van der Waals surface area contributed by atoms with Crippen molar-refractivity contribution in [2.24, 2.45) is 5.92 Å². The van der Waals surface area contributed by atoms with Crippen LogP contribution in [-0.4, -0.2) is 30.8 Å². The van der Waals surface area contributed by atoms with Crippen LogP contribution in [-0.2, 0) is 15.1 Å². The molecule has 0 saturated heterocycles. The van der Waals surface area contributed by atoms with E-state index in [1.54, 1.807) is 19.1 Å². The number of rotatable bonds is 7. The van der Waals surface area contributed by atoms with Crippen molar-refractivity contribution in [3.8, 4) is 0 Å². The summed E-state index contributed by atoms with van der Waals surface area (Å²) in [5, 5.41) is 12.9. The molecule has 1 aromatic heterocycles. The molecule has 0 spiro atoms. The van der Waals surface area contributed by atoms with Gasteiger partial charge in [0.25, 0.3) is 0 Å². The molecule has 2 rings (SSSR count). The van der Waals surface area contributed by atoms with Gasteiger partial charge in [-0.15, -0.1) is 0 Å². The van der Waals surface area contributed by atoms with Crippen molar-refractivity contribution >= 4 is 5.91 Å². The molecule has 0 radical (unpaired) electrons. The van der Waals surface area contributed by atoms with Gasteiger partial charge in [-0.3, -0.25) is 4.79 Å². The fourth-order valence-electron chi connectivity index (χ4n) is 1.74. The molecular weight excluding hydrogens is 246 g/mol. The van der Waals surface area contributed by atoms with Crippen molar-refractivity contribution in [2.45, 2.75) is 32.3 Å². The Kier molecular flexibility index (Phi) is 4.27. The van der Waals surface area contributed by atoms with E-state index in [1.807, 2.05) is 6.92 Å². The topological polar surface area (TPSA) is 71.7 Å². The van der Waals surface area contributed by atoms with Gasteiger partial charge >= 0.3 is 0 Å². The first-order chi connectivity index (χ1) is 8.97. The third kappa shape index (κ3) is 4.36. The second-order valence-electron chi connectivity index (χ2n) is 5.42. The zero-order valence-electron chi connectivity index (χ0n) is 11.4. The molecule has 2 N–H and O–H groups in total. The van der Waals surface area contributed by atoms with Crippen LogP contribution in [0.2, 0.25) is 0 Å². The molecule has 5 heteroatoms. The quantitative estimate of drug-likeness (QED) is 0.782. The largest absolute Gasteiger partial charge is 0.463 e. The average molecular weight is 267 g/mol. The lowest BCUT2D eigenvalue weighted by molar-refractivity contribution is -0.127. The van der Waals surface area contributed by atoms with Crippen LogP contribution in [0.15, 0.2) is 16.5 Å². The smallest absolute Gasteiger partial charge is 0.246 e. The molecule has 0 bridgehead atoms. The number of furan rings is 1. The van der Waals surface area contributed by atoms with Crippen molar-refractivity contribution in [1.29, 1.82) is 0 Å². The highest BCUT2D eigenvalue weighted by Gasteiger charge is 2.27. The van der Waals surface area contributed by atoms with E-state index in [4.69, 9.17) is 9.15 Å². The number of ether oxygens (including phenoxy) is 1. The summed E-state index contributed by atoms with van der Waals surface area (Å²) in [6, 6.07) is 3.50. The number of amides is 1. The molecule has 1 atom stereocenters. The zero-order chi connectivity index (χ0) is 13.9. The predicted molar refractivity (Wildman–Crippen MR) is 69.6 cm³/mol. The Bertz CT molecular complexity index is 434. The van der Waals surface area contributed by atoms with E-state index in [0.717, 1.165) is 5.76 Å². The molecule has 19 heavy (non-hydrogen) atoms. The Labute approximate surface area is 112 Å². The van der Waals surface area contributed by atoms with Gasteiger partial charge in [-0.25, -0.2) is 0 Å². The van der Waals surface area contributed by atoms with Gasteiger partial charge in [0.2, 0.25) is 5.91 Å². The molecule has 5 nitrogen and oxygen atoms in total. The minimum Gasteiger partial charge on any atom is -0.463 e. The van der Waals surface area contributed by atoms with Gasteiger partial charge < -0.3 is 19.6 Å². The molecule has 1 aromatic rings. The fourth-order valence-corrected chi connectivity index (χ4v) is 1.74. The van der Waals surface area contributed by atoms with E-state index < -0.39 is 5.60 Å². The third-order valence-electron chi connectivity index (χ3n) is 3.18. The Morgan fingerprint density at radius 3 is 2.89 bits per heavy atom. The van der Waals surface area contributed by atoms with Crippen molar-refractivity contribution in [1.82, 2.24) is 5.32 Å². The van der Waals surface area contributed by atoms with Gasteiger partial charge in [-0.2, -0.15) is 0 Å². The van der Waals surface area contributed by atoms with Gasteiger partial charge in [-0.1, -0.05) is 0 Å². The number of aliphatic hydroxyl groups is 1. The Hall–Kier alpha value is -1.33. The molecule has 1 heterocycles. The van der Waals surface area contributed by atoms with Crippen LogP contribution >= 0.6 is 0 Å². The van der Waals surface area contributed by atoms with Crippen molar-refractivity contribution in [3.63, 3.8) is 0 Å². The molecule has 1 aliphatic rings. The van der Waals surface area contributed by atoms with Crippen LogP contribution in [0.5, 0.6) is 0 Å². The molecule has 1 saturated carbocycles. The number of nitrogens with one attached hydrogen (secondary N) is 1. The van der Waals surface area contributed by atoms with Gasteiger partial charge in [0.15, 0.2) is 0 Å². The van der Waals surface area contributed by atoms with E-state index in [0.29, 0.717) is 18.3 Å². The minimum atomic E-state index is -1.21. The molecule has 1 amide bonds. The maximum absolute atomic E-state index is 11.6. The standard InChI is InChI=1S/C14H21NO4/c1-10-3-6-12(19-10)14(2,17)9-15-13(16)8-18-7-11-4-5-11/h3,6,11,17H,4-5,7-9H2,1-2H3,(H,15,16). The molecule has 0 aromatic carbocycles. The fraction of sp³-hybridized carbons (Fsp3) is 0.643. The number of carbonyl (C=O) groups excluding carboxylic acids is 1. The summed E-state index contributed by atoms with van der Waals surface area (Å²) in [6.45, 7) is 4.22. The number of hydrogen-bond acceptors (Lipinski definition) is 4. The monoisotopic (exact) mass is 267 g/mol. The van der Waals surface area contributed by atoms with Crippen molar-refractivity contribution in [2.75, 3.05) is 19.8 Å². The first kappa shape index (κ1) is 14.1. The molecule has 1 unspecified atom stereocenters. The minimum absolute atomic E-state index is 0.0454. The highest BCUT2D eigenvalue weighted by molar-refractivity contribution is 5.77. The van der Waals surface area contributed by atoms with E-state index in [-0.39, 0.29) is 19.1 Å². The third-order valence-corrected chi connectivity index (χ3v) is 3.18. The lowest BCUT2D eigenvalue weighted by Crippen LogP contribution is -2.40. The van der Waals surface area contributed by atoms with Crippen LogP contribution in [0.1, 0.15) is 31.3 Å². The van der Waals surface area contributed by atoms with Gasteiger partial charge in [0, 0.05) is 0 Å². The normalized spacial score (nSPS) is 18.1. The Morgan fingerprint density at radius 2 is 2.32 bits per heavy atom. The first-order valence-electron chi connectivity index (χ1n) is 6.61. The highest BCUT2D eigenvalue weighted by Crippen LogP contribution is 2.28. The zero-order valence-corrected chi connectivity index (χ0v) is 11.4. The molecule has 106 valence electrons. The predicted octanol–water partition coefficient (Wildman–Crippen LogP) is 1.34. The Morgan fingerprint density at radius 1 is 1.58 bits per heavy atom. The van der Waals surface area contributed by atoms with Crippen LogP contribution in [0.4, 0.5) is 0 Å². The van der Waals surface area contributed by atoms with E-state index in [2.05, 4.69) is 5.32 Å². The Balaban J connectivity index is 1.71. The average Bonchev–Trinajstić information content (AvgIpc) is 3.06. The number of hydrogen-bond donors (Lipinski definition) is 2. The summed E-state index contributed by atoms with van der Waals surface area (Å²) in [5.41, 5.74) is -1.21.